The molecule has 2 heterocycles. The van der Waals surface area contributed by atoms with E-state index in [0.717, 1.165) is 40.8 Å². The van der Waals surface area contributed by atoms with Gasteiger partial charge in [-0.3, -0.25) is 4.79 Å². The second-order valence-electron chi connectivity index (χ2n) is 7.75. The molecular formula is C24H22N2O4. The third-order valence-corrected chi connectivity index (χ3v) is 5.92. The Kier molecular flexibility index (Phi) is 4.44. The molecule has 0 bridgehead atoms. The molecule has 0 unspecified atom stereocenters. The largest absolute Gasteiger partial charge is 0.454 e. The van der Waals surface area contributed by atoms with E-state index in [2.05, 4.69) is 10.3 Å². The van der Waals surface area contributed by atoms with Gasteiger partial charge in [0, 0.05) is 11.3 Å². The summed E-state index contributed by atoms with van der Waals surface area (Å²) in [7, 11) is 0. The highest BCUT2D eigenvalue weighted by molar-refractivity contribution is 6.01. The number of nitrogens with one attached hydrogen (secondary N) is 1. The van der Waals surface area contributed by atoms with Gasteiger partial charge in [0.05, 0.1) is 12.0 Å². The number of rotatable bonds is 5. The highest BCUT2D eigenvalue weighted by Crippen LogP contribution is 2.51. The number of pyridine rings is 1. The second-order valence-corrected chi connectivity index (χ2v) is 7.75. The Balaban J connectivity index is 1.38. The highest BCUT2D eigenvalue weighted by Gasteiger charge is 2.51. The van der Waals surface area contributed by atoms with Crippen LogP contribution in [0.15, 0.2) is 54.6 Å². The average Bonchev–Trinajstić information content (AvgIpc) is 3.45. The summed E-state index contributed by atoms with van der Waals surface area (Å²) < 4.78 is 10.8. The number of aryl methyl sites for hydroxylation is 1. The minimum absolute atomic E-state index is 0.0356. The highest BCUT2D eigenvalue weighted by atomic mass is 16.7. The molecule has 6 heteroatoms. The second kappa shape index (κ2) is 7.15. The van der Waals surface area contributed by atoms with E-state index >= 15 is 0 Å². The number of ether oxygens (including phenoxy) is 2. The fraction of sp³-hybridized carbons (Fsp3) is 0.250. The van der Waals surface area contributed by atoms with Crippen molar-refractivity contribution in [3.63, 3.8) is 0 Å². The molecule has 1 amide bonds. The lowest BCUT2D eigenvalue weighted by molar-refractivity contribution is -0.118. The summed E-state index contributed by atoms with van der Waals surface area (Å²) in [5.74, 6) is 1.87. The lowest BCUT2D eigenvalue weighted by Crippen LogP contribution is -2.28. The number of carbonyl (C=O) groups is 1. The Morgan fingerprint density at radius 2 is 1.87 bits per heavy atom. The first kappa shape index (κ1) is 18.6. The molecule has 1 aromatic heterocycles. The van der Waals surface area contributed by atoms with Crippen LogP contribution in [-0.2, 0) is 16.8 Å². The first-order chi connectivity index (χ1) is 14.6. The van der Waals surface area contributed by atoms with Gasteiger partial charge >= 0.3 is 0 Å². The van der Waals surface area contributed by atoms with Gasteiger partial charge in [0.15, 0.2) is 11.5 Å². The maximum atomic E-state index is 13.1. The molecule has 2 aliphatic rings. The smallest absolute Gasteiger partial charge is 0.236 e. The fourth-order valence-corrected chi connectivity index (χ4v) is 4.04. The van der Waals surface area contributed by atoms with Crippen LogP contribution < -0.4 is 14.8 Å². The summed E-state index contributed by atoms with van der Waals surface area (Å²) in [5, 5.41) is 12.6. The van der Waals surface area contributed by atoms with Crippen molar-refractivity contribution in [2.24, 2.45) is 0 Å². The van der Waals surface area contributed by atoms with Crippen molar-refractivity contribution in [2.45, 2.75) is 31.8 Å². The minimum atomic E-state index is -0.543. The quantitative estimate of drug-likeness (QED) is 0.676. The van der Waals surface area contributed by atoms with Gasteiger partial charge in [-0.05, 0) is 60.7 Å². The fourth-order valence-electron chi connectivity index (χ4n) is 4.04. The van der Waals surface area contributed by atoms with Crippen LogP contribution in [0.4, 0.5) is 5.82 Å². The number of hydrogen-bond acceptors (Lipinski definition) is 5. The molecule has 0 spiro atoms. The Morgan fingerprint density at radius 3 is 2.63 bits per heavy atom. The van der Waals surface area contributed by atoms with Crippen molar-refractivity contribution in [2.75, 3.05) is 12.1 Å². The molecule has 3 aromatic rings. The van der Waals surface area contributed by atoms with Crippen LogP contribution in [0.1, 0.15) is 29.7 Å². The van der Waals surface area contributed by atoms with E-state index in [1.54, 1.807) is 0 Å². The van der Waals surface area contributed by atoms with Crippen LogP contribution >= 0.6 is 0 Å². The molecule has 5 rings (SSSR count). The van der Waals surface area contributed by atoms with Crippen molar-refractivity contribution in [1.82, 2.24) is 4.98 Å². The van der Waals surface area contributed by atoms with Gasteiger partial charge in [-0.2, -0.15) is 0 Å². The first-order valence-corrected chi connectivity index (χ1v) is 9.99. The molecule has 30 heavy (non-hydrogen) atoms. The predicted molar refractivity (Wildman–Crippen MR) is 112 cm³/mol. The topological polar surface area (TPSA) is 80.7 Å². The molecule has 0 atom stereocenters. The molecule has 2 aromatic carbocycles. The molecule has 1 fully saturated rings. The molecule has 152 valence electrons. The summed E-state index contributed by atoms with van der Waals surface area (Å²) in [6.07, 6.45) is 1.58. The normalized spacial score (nSPS) is 15.7. The third-order valence-electron chi connectivity index (χ3n) is 5.92. The average molecular weight is 402 g/mol. The van der Waals surface area contributed by atoms with Gasteiger partial charge in [0.1, 0.15) is 5.82 Å². The zero-order valence-corrected chi connectivity index (χ0v) is 16.6. The summed E-state index contributed by atoms with van der Waals surface area (Å²) in [6.45, 7) is 2.09. The van der Waals surface area contributed by atoms with Crippen LogP contribution in [0.25, 0.3) is 11.1 Å². The summed E-state index contributed by atoms with van der Waals surface area (Å²) in [6, 6.07) is 17.1. The maximum Gasteiger partial charge on any atom is 0.236 e. The number of aliphatic hydroxyl groups is 1. The van der Waals surface area contributed by atoms with Crippen LogP contribution in [0, 0.1) is 6.92 Å². The van der Waals surface area contributed by atoms with E-state index in [-0.39, 0.29) is 19.3 Å². The van der Waals surface area contributed by atoms with E-state index in [1.165, 1.54) is 0 Å². The van der Waals surface area contributed by atoms with Gasteiger partial charge in [0.25, 0.3) is 0 Å². The molecule has 0 radical (unpaired) electrons. The molecule has 6 nitrogen and oxygen atoms in total. The Morgan fingerprint density at radius 1 is 1.07 bits per heavy atom. The number of aromatic nitrogens is 1. The van der Waals surface area contributed by atoms with Crippen molar-refractivity contribution in [3.05, 3.63) is 71.4 Å². The van der Waals surface area contributed by atoms with E-state index in [0.29, 0.717) is 17.3 Å². The summed E-state index contributed by atoms with van der Waals surface area (Å²) >= 11 is 0. The van der Waals surface area contributed by atoms with Gasteiger partial charge in [0.2, 0.25) is 12.7 Å². The summed E-state index contributed by atoms with van der Waals surface area (Å²) in [5.41, 5.74) is 3.92. The standard InChI is InChI=1S/C24H22N2O4/c1-15-18(19-5-3-2-4-16(19)13-27)7-9-22(25-15)26-23(28)24(10-11-24)17-6-8-20-21(12-17)30-14-29-20/h2-9,12,27H,10-11,13-14H2,1H3,(H,25,26,28). The number of fused-ring (bicyclic) bond motifs is 1. The lowest BCUT2D eigenvalue weighted by atomic mass is 9.94. The number of carbonyl (C=O) groups excluding carboxylic acids is 1. The summed E-state index contributed by atoms with van der Waals surface area (Å²) in [4.78, 5) is 17.7. The van der Waals surface area contributed by atoms with Crippen molar-refractivity contribution >= 4 is 11.7 Å². The van der Waals surface area contributed by atoms with Crippen LogP contribution in [-0.4, -0.2) is 22.8 Å². The van der Waals surface area contributed by atoms with Gasteiger partial charge < -0.3 is 19.9 Å². The monoisotopic (exact) mass is 402 g/mol. The van der Waals surface area contributed by atoms with E-state index in [4.69, 9.17) is 9.47 Å². The zero-order valence-electron chi connectivity index (χ0n) is 16.6. The molecule has 0 saturated heterocycles. The molecule has 1 aliphatic carbocycles. The Bertz CT molecular complexity index is 1140. The molecule has 1 aliphatic heterocycles. The Hall–Kier alpha value is -3.38. The van der Waals surface area contributed by atoms with Gasteiger partial charge in [-0.1, -0.05) is 30.3 Å². The predicted octanol–water partition coefficient (Wildman–Crippen LogP) is 3.95. The van der Waals surface area contributed by atoms with Gasteiger partial charge in [-0.15, -0.1) is 0 Å². The zero-order chi connectivity index (χ0) is 20.7. The number of benzene rings is 2. The number of amides is 1. The van der Waals surface area contributed by atoms with E-state index < -0.39 is 5.41 Å². The number of anilines is 1. The van der Waals surface area contributed by atoms with Crippen molar-refractivity contribution in [3.8, 4) is 22.6 Å². The SMILES string of the molecule is Cc1nc(NC(=O)C2(c3ccc4c(c3)OCO4)CC2)ccc1-c1ccccc1CO. The van der Waals surface area contributed by atoms with Gasteiger partial charge in [-0.25, -0.2) is 4.98 Å². The van der Waals surface area contributed by atoms with Crippen LogP contribution in [0.5, 0.6) is 11.5 Å². The molecular weight excluding hydrogens is 380 g/mol. The van der Waals surface area contributed by atoms with E-state index in [9.17, 15) is 9.90 Å². The van der Waals surface area contributed by atoms with Crippen LogP contribution in [0.2, 0.25) is 0 Å². The number of aliphatic hydroxyl groups excluding tert-OH is 1. The molecule has 2 N–H and O–H groups in total. The first-order valence-electron chi connectivity index (χ1n) is 9.99. The molecule has 1 saturated carbocycles. The van der Waals surface area contributed by atoms with Crippen molar-refractivity contribution in [1.29, 1.82) is 0 Å². The number of hydrogen-bond donors (Lipinski definition) is 2. The third kappa shape index (κ3) is 3.09. The lowest BCUT2D eigenvalue weighted by Gasteiger charge is -2.17. The minimum Gasteiger partial charge on any atom is -0.454 e. The Labute approximate surface area is 174 Å². The van der Waals surface area contributed by atoms with E-state index in [1.807, 2.05) is 61.5 Å². The van der Waals surface area contributed by atoms with Crippen LogP contribution in [0.3, 0.4) is 0 Å². The van der Waals surface area contributed by atoms with Crippen molar-refractivity contribution < 1.29 is 19.4 Å². The maximum absolute atomic E-state index is 13.1. The number of nitrogens with zero attached hydrogens (tertiary/aromatic N) is 1.